The monoisotopic (exact) mass is 387 g/mol. The second kappa shape index (κ2) is 8.16. The van der Waals surface area contributed by atoms with Gasteiger partial charge in [0.2, 0.25) is 0 Å². The molecule has 152 valence electrons. The largest absolute Gasteiger partial charge is 0.478 e. The molecule has 0 unspecified atom stereocenters. The highest BCUT2D eigenvalue weighted by Crippen LogP contribution is 2.27. The molecule has 2 aromatic heterocycles. The summed E-state index contributed by atoms with van der Waals surface area (Å²) in [5, 5.41) is 17.9. The summed E-state index contributed by atoms with van der Waals surface area (Å²) in [5.41, 5.74) is 2.51. The third-order valence-corrected chi connectivity index (χ3v) is 5.94. The van der Waals surface area contributed by atoms with E-state index in [9.17, 15) is 14.7 Å². The Hall–Kier alpha value is -2.64. The summed E-state index contributed by atoms with van der Waals surface area (Å²) in [6.07, 6.45) is 6.59. The fourth-order valence-electron chi connectivity index (χ4n) is 4.12. The van der Waals surface area contributed by atoms with Crippen LogP contribution in [0.3, 0.4) is 0 Å². The first-order valence-electron chi connectivity index (χ1n) is 9.99. The maximum atomic E-state index is 13.0. The average molecular weight is 387 g/mol. The van der Waals surface area contributed by atoms with Gasteiger partial charge in [0.15, 0.2) is 0 Å². The molecule has 3 heterocycles. The lowest BCUT2D eigenvalue weighted by atomic mass is 10.0. The minimum absolute atomic E-state index is 0.0246. The van der Waals surface area contributed by atoms with E-state index >= 15 is 0 Å². The van der Waals surface area contributed by atoms with Gasteiger partial charge in [0.1, 0.15) is 5.56 Å². The van der Waals surface area contributed by atoms with Crippen LogP contribution < -0.4 is 0 Å². The molecule has 2 aromatic rings. The van der Waals surface area contributed by atoms with Gasteiger partial charge in [-0.25, -0.2) is 4.79 Å². The topological polar surface area (TPSA) is 93.3 Å². The third kappa shape index (κ3) is 3.55. The molecule has 1 amide bonds. The van der Waals surface area contributed by atoms with Gasteiger partial charge in [0, 0.05) is 18.8 Å². The normalized spacial score (nSPS) is 15.4. The van der Waals surface area contributed by atoms with E-state index in [1.54, 1.807) is 17.8 Å². The highest BCUT2D eigenvalue weighted by Gasteiger charge is 2.29. The van der Waals surface area contributed by atoms with E-state index in [0.717, 1.165) is 31.4 Å². The molecule has 1 fully saturated rings. The van der Waals surface area contributed by atoms with E-state index in [1.807, 2.05) is 16.5 Å². The van der Waals surface area contributed by atoms with E-state index in [4.69, 9.17) is 0 Å². The van der Waals surface area contributed by atoms with Crippen molar-refractivity contribution in [1.29, 1.82) is 0 Å². The van der Waals surface area contributed by atoms with Gasteiger partial charge in [-0.2, -0.15) is 10.2 Å². The number of carboxylic acids is 1. The Morgan fingerprint density at radius 3 is 2.21 bits per heavy atom. The van der Waals surface area contributed by atoms with Crippen molar-refractivity contribution in [3.05, 3.63) is 34.9 Å². The summed E-state index contributed by atoms with van der Waals surface area (Å²) in [5.74, 6) is -0.933. The molecule has 1 aliphatic heterocycles. The van der Waals surface area contributed by atoms with Gasteiger partial charge < -0.3 is 10.0 Å². The molecule has 1 aliphatic rings. The lowest BCUT2D eigenvalue weighted by Crippen LogP contribution is -2.39. The van der Waals surface area contributed by atoms with E-state index < -0.39 is 5.97 Å². The van der Waals surface area contributed by atoms with Crippen molar-refractivity contribution in [2.45, 2.75) is 65.5 Å². The van der Waals surface area contributed by atoms with Crippen LogP contribution in [0.1, 0.15) is 83.7 Å². The predicted octanol–water partition coefficient (Wildman–Crippen LogP) is 3.23. The van der Waals surface area contributed by atoms with Crippen LogP contribution in [0, 0.1) is 13.8 Å². The number of carboxylic acid groups (broad SMARTS) is 1. The van der Waals surface area contributed by atoms with Crippen molar-refractivity contribution < 1.29 is 14.7 Å². The van der Waals surface area contributed by atoms with Gasteiger partial charge in [-0.15, -0.1) is 0 Å². The van der Waals surface area contributed by atoms with Gasteiger partial charge in [-0.3, -0.25) is 14.2 Å². The van der Waals surface area contributed by atoms with Crippen LogP contribution in [0.2, 0.25) is 0 Å². The van der Waals surface area contributed by atoms with Crippen molar-refractivity contribution in [1.82, 2.24) is 24.5 Å². The first-order valence-corrected chi connectivity index (χ1v) is 9.99. The Labute approximate surface area is 165 Å². The van der Waals surface area contributed by atoms with Gasteiger partial charge in [-0.05, 0) is 39.5 Å². The first kappa shape index (κ1) is 20.1. The molecular formula is C20H29N5O3. The van der Waals surface area contributed by atoms with Crippen LogP contribution in [0.15, 0.2) is 12.4 Å². The molecule has 3 rings (SSSR count). The summed E-state index contributed by atoms with van der Waals surface area (Å²) >= 11 is 0. The van der Waals surface area contributed by atoms with Crippen molar-refractivity contribution in [3.8, 4) is 0 Å². The molecule has 0 aromatic carbocycles. The second-order valence-corrected chi connectivity index (χ2v) is 7.48. The zero-order valence-corrected chi connectivity index (χ0v) is 17.1. The molecule has 0 atom stereocenters. The quantitative estimate of drug-likeness (QED) is 0.821. The van der Waals surface area contributed by atoms with Crippen LogP contribution in [-0.4, -0.2) is 54.5 Å². The molecule has 8 heteroatoms. The summed E-state index contributed by atoms with van der Waals surface area (Å²) in [6, 6.07) is 0.434. The van der Waals surface area contributed by atoms with Gasteiger partial charge in [0.25, 0.3) is 5.91 Å². The number of carbonyl (C=O) groups excluding carboxylic acids is 1. The number of likely N-dealkylation sites (tertiary alicyclic amines) is 1. The predicted molar refractivity (Wildman–Crippen MR) is 105 cm³/mol. The Morgan fingerprint density at radius 2 is 1.68 bits per heavy atom. The van der Waals surface area contributed by atoms with Crippen molar-refractivity contribution in [2.24, 2.45) is 0 Å². The molecule has 1 N–H and O–H groups in total. The van der Waals surface area contributed by atoms with E-state index in [-0.39, 0.29) is 17.5 Å². The molecule has 0 saturated carbocycles. The van der Waals surface area contributed by atoms with E-state index in [1.165, 1.54) is 6.20 Å². The first-order chi connectivity index (χ1) is 13.4. The Morgan fingerprint density at radius 1 is 1.07 bits per heavy atom. The zero-order valence-electron chi connectivity index (χ0n) is 17.1. The number of aromatic nitrogens is 4. The average Bonchev–Trinajstić information content (AvgIpc) is 3.26. The lowest BCUT2D eigenvalue weighted by Gasteiger charge is -2.32. The highest BCUT2D eigenvalue weighted by molar-refractivity contribution is 5.95. The van der Waals surface area contributed by atoms with Crippen molar-refractivity contribution in [3.63, 3.8) is 0 Å². The fourth-order valence-corrected chi connectivity index (χ4v) is 4.12. The van der Waals surface area contributed by atoms with Gasteiger partial charge in [0.05, 0.1) is 35.7 Å². The Bertz CT molecular complexity index is 857. The number of hydrogen-bond donors (Lipinski definition) is 1. The summed E-state index contributed by atoms with van der Waals surface area (Å²) in [4.78, 5) is 26.1. The van der Waals surface area contributed by atoms with Crippen molar-refractivity contribution in [2.75, 3.05) is 13.1 Å². The summed E-state index contributed by atoms with van der Waals surface area (Å²) in [7, 11) is 0. The van der Waals surface area contributed by atoms with Gasteiger partial charge in [-0.1, -0.05) is 13.8 Å². The minimum Gasteiger partial charge on any atom is -0.478 e. The lowest BCUT2D eigenvalue weighted by molar-refractivity contribution is 0.0687. The molecule has 28 heavy (non-hydrogen) atoms. The third-order valence-electron chi connectivity index (χ3n) is 5.94. The fraction of sp³-hybridized carbons (Fsp3) is 0.600. The maximum absolute atomic E-state index is 13.0. The second-order valence-electron chi connectivity index (χ2n) is 7.48. The maximum Gasteiger partial charge on any atom is 0.339 e. The smallest absolute Gasteiger partial charge is 0.339 e. The number of amides is 1. The standard InChI is InChI=1S/C20H29N5O3/c1-5-15(6-2)24-13(3)17(11-21-24)19(26)23-9-7-16(8-10-23)25-14(4)18(12-22-25)20(27)28/h11-12,15-16H,5-10H2,1-4H3,(H,27,28). The number of piperidine rings is 1. The highest BCUT2D eigenvalue weighted by atomic mass is 16.4. The summed E-state index contributed by atoms with van der Waals surface area (Å²) in [6.45, 7) is 9.26. The molecule has 0 radical (unpaired) electrons. The van der Waals surface area contributed by atoms with Crippen LogP contribution >= 0.6 is 0 Å². The van der Waals surface area contributed by atoms with Crippen LogP contribution in [0.25, 0.3) is 0 Å². The number of carbonyl (C=O) groups is 2. The molecule has 8 nitrogen and oxygen atoms in total. The zero-order chi connectivity index (χ0) is 20.4. The minimum atomic E-state index is -0.957. The molecule has 1 saturated heterocycles. The van der Waals surface area contributed by atoms with Crippen LogP contribution in [0.4, 0.5) is 0 Å². The number of rotatable bonds is 6. The van der Waals surface area contributed by atoms with Crippen molar-refractivity contribution >= 4 is 11.9 Å². The molecule has 0 spiro atoms. The Balaban J connectivity index is 1.68. The molecule has 0 bridgehead atoms. The molecule has 0 aliphatic carbocycles. The SMILES string of the molecule is CCC(CC)n1ncc(C(=O)N2CCC(n3ncc(C(=O)O)c3C)CC2)c1C. The number of nitrogens with zero attached hydrogens (tertiary/aromatic N) is 5. The van der Waals surface area contributed by atoms with Crippen LogP contribution in [-0.2, 0) is 0 Å². The van der Waals surface area contributed by atoms with E-state index in [0.29, 0.717) is 30.4 Å². The number of aromatic carboxylic acids is 1. The van der Waals surface area contributed by atoms with Gasteiger partial charge >= 0.3 is 5.97 Å². The molecular weight excluding hydrogens is 358 g/mol. The van der Waals surface area contributed by atoms with Crippen LogP contribution in [0.5, 0.6) is 0 Å². The summed E-state index contributed by atoms with van der Waals surface area (Å²) < 4.78 is 3.77. The Kier molecular flexibility index (Phi) is 5.86. The number of hydrogen-bond acceptors (Lipinski definition) is 4. The van der Waals surface area contributed by atoms with E-state index in [2.05, 4.69) is 24.0 Å².